The first-order chi connectivity index (χ1) is 10.2. The van der Waals surface area contributed by atoms with Crippen LogP contribution in [-0.4, -0.2) is 22.9 Å². The molecular formula is C17H17NO3. The molecule has 2 aromatic rings. The molecule has 1 N–H and O–H groups in total. The number of nitrogens with zero attached hydrogens (tertiary/aromatic N) is 1. The van der Waals surface area contributed by atoms with E-state index in [-0.39, 0.29) is 12.2 Å². The number of aryl methyl sites for hydroxylation is 1. The topological polar surface area (TPSA) is 51.5 Å². The average molecular weight is 283 g/mol. The SMILES string of the molecule is Cc1cccn(CCOc2ccc(C#CCO)cc2)c1=O. The molecule has 0 atom stereocenters. The highest BCUT2D eigenvalue weighted by Gasteiger charge is 1.99. The molecule has 21 heavy (non-hydrogen) atoms. The number of benzene rings is 1. The normalized spacial score (nSPS) is 9.81. The molecule has 1 aromatic carbocycles. The Labute approximate surface area is 123 Å². The highest BCUT2D eigenvalue weighted by molar-refractivity contribution is 5.38. The number of ether oxygens (including phenoxy) is 1. The second kappa shape index (κ2) is 7.32. The number of rotatable bonds is 4. The van der Waals surface area contributed by atoms with Crippen LogP contribution >= 0.6 is 0 Å². The van der Waals surface area contributed by atoms with E-state index in [9.17, 15) is 4.79 Å². The van der Waals surface area contributed by atoms with Gasteiger partial charge in [-0.3, -0.25) is 4.79 Å². The van der Waals surface area contributed by atoms with Gasteiger partial charge in [0.2, 0.25) is 0 Å². The van der Waals surface area contributed by atoms with Gasteiger partial charge in [0.25, 0.3) is 5.56 Å². The molecule has 0 radical (unpaired) electrons. The van der Waals surface area contributed by atoms with Gasteiger partial charge in [-0.05, 0) is 37.3 Å². The number of hydrogen-bond acceptors (Lipinski definition) is 3. The highest BCUT2D eigenvalue weighted by atomic mass is 16.5. The molecular weight excluding hydrogens is 266 g/mol. The molecule has 0 saturated carbocycles. The lowest BCUT2D eigenvalue weighted by atomic mass is 10.2. The molecule has 1 heterocycles. The van der Waals surface area contributed by atoms with Crippen molar-refractivity contribution in [3.05, 3.63) is 64.1 Å². The molecule has 0 bridgehead atoms. The van der Waals surface area contributed by atoms with E-state index in [1.807, 2.05) is 30.3 Å². The maximum atomic E-state index is 11.8. The van der Waals surface area contributed by atoms with Crippen LogP contribution in [0, 0.1) is 18.8 Å². The molecule has 2 rings (SSSR count). The first-order valence-electron chi connectivity index (χ1n) is 6.69. The average Bonchev–Trinajstić information content (AvgIpc) is 2.51. The van der Waals surface area contributed by atoms with Crippen LogP contribution in [-0.2, 0) is 6.54 Å². The first kappa shape index (κ1) is 14.9. The third-order valence-corrected chi connectivity index (χ3v) is 2.98. The fourth-order valence-corrected chi connectivity index (χ4v) is 1.87. The number of aromatic nitrogens is 1. The van der Waals surface area contributed by atoms with E-state index in [2.05, 4.69) is 11.8 Å². The molecule has 0 saturated heterocycles. The van der Waals surface area contributed by atoms with Crippen LogP contribution in [0.25, 0.3) is 0 Å². The van der Waals surface area contributed by atoms with E-state index in [4.69, 9.17) is 9.84 Å². The summed E-state index contributed by atoms with van der Waals surface area (Å²) >= 11 is 0. The largest absolute Gasteiger partial charge is 0.492 e. The minimum atomic E-state index is -0.149. The lowest BCUT2D eigenvalue weighted by molar-refractivity contribution is 0.296. The Hall–Kier alpha value is -2.51. The second-order valence-corrected chi connectivity index (χ2v) is 4.52. The molecule has 1 aromatic heterocycles. The van der Waals surface area contributed by atoms with E-state index in [1.54, 1.807) is 23.8 Å². The zero-order chi connectivity index (χ0) is 15.1. The lowest BCUT2D eigenvalue weighted by Gasteiger charge is -2.08. The maximum absolute atomic E-state index is 11.8. The molecule has 0 aliphatic rings. The summed E-state index contributed by atoms with van der Waals surface area (Å²) in [4.78, 5) is 11.8. The molecule has 108 valence electrons. The Kier molecular flexibility index (Phi) is 5.19. The van der Waals surface area contributed by atoms with Gasteiger partial charge in [0.1, 0.15) is 19.0 Å². The number of aliphatic hydroxyl groups is 1. The van der Waals surface area contributed by atoms with Crippen molar-refractivity contribution in [2.24, 2.45) is 0 Å². The Morgan fingerprint density at radius 2 is 2.00 bits per heavy atom. The van der Waals surface area contributed by atoms with Gasteiger partial charge in [0.15, 0.2) is 0 Å². The van der Waals surface area contributed by atoms with Crippen LogP contribution in [0.5, 0.6) is 5.75 Å². The summed E-state index contributed by atoms with van der Waals surface area (Å²) in [6, 6.07) is 11.0. The predicted octanol–water partition coefficient (Wildman–Crippen LogP) is 1.58. The van der Waals surface area contributed by atoms with Gasteiger partial charge in [-0.15, -0.1) is 0 Å². The van der Waals surface area contributed by atoms with Crippen molar-refractivity contribution in [1.82, 2.24) is 4.57 Å². The van der Waals surface area contributed by atoms with Gasteiger partial charge in [-0.25, -0.2) is 0 Å². The monoisotopic (exact) mass is 283 g/mol. The van der Waals surface area contributed by atoms with E-state index < -0.39 is 0 Å². The van der Waals surface area contributed by atoms with Gasteiger partial charge in [-0.2, -0.15) is 0 Å². The second-order valence-electron chi connectivity index (χ2n) is 4.52. The van der Waals surface area contributed by atoms with E-state index in [0.29, 0.717) is 13.2 Å². The summed E-state index contributed by atoms with van der Waals surface area (Å²) in [5.41, 5.74) is 1.56. The molecule has 0 aliphatic carbocycles. The summed E-state index contributed by atoms with van der Waals surface area (Å²) in [6.07, 6.45) is 1.76. The smallest absolute Gasteiger partial charge is 0.253 e. The van der Waals surface area contributed by atoms with Crippen molar-refractivity contribution < 1.29 is 9.84 Å². The third kappa shape index (κ3) is 4.23. The van der Waals surface area contributed by atoms with Gasteiger partial charge in [-0.1, -0.05) is 17.9 Å². The van der Waals surface area contributed by atoms with Crippen LogP contribution in [0.2, 0.25) is 0 Å². The Morgan fingerprint density at radius 3 is 2.71 bits per heavy atom. The fourth-order valence-electron chi connectivity index (χ4n) is 1.87. The Morgan fingerprint density at radius 1 is 1.24 bits per heavy atom. The van der Waals surface area contributed by atoms with Crippen LogP contribution < -0.4 is 10.3 Å². The van der Waals surface area contributed by atoms with Crippen molar-refractivity contribution in [3.8, 4) is 17.6 Å². The van der Waals surface area contributed by atoms with E-state index in [1.165, 1.54) is 0 Å². The van der Waals surface area contributed by atoms with Crippen LogP contribution in [0.4, 0.5) is 0 Å². The number of pyridine rings is 1. The van der Waals surface area contributed by atoms with Crippen molar-refractivity contribution >= 4 is 0 Å². The van der Waals surface area contributed by atoms with Crippen molar-refractivity contribution in [1.29, 1.82) is 0 Å². The Balaban J connectivity index is 1.91. The van der Waals surface area contributed by atoms with Crippen molar-refractivity contribution in [2.45, 2.75) is 13.5 Å². The predicted molar refractivity (Wildman–Crippen MR) is 81.3 cm³/mol. The minimum absolute atomic E-state index is 0.00993. The van der Waals surface area contributed by atoms with Crippen LogP contribution in [0.15, 0.2) is 47.4 Å². The number of aliphatic hydroxyl groups excluding tert-OH is 1. The summed E-state index contributed by atoms with van der Waals surface area (Å²) in [6.45, 7) is 2.58. The van der Waals surface area contributed by atoms with Crippen LogP contribution in [0.1, 0.15) is 11.1 Å². The molecule has 4 nitrogen and oxygen atoms in total. The maximum Gasteiger partial charge on any atom is 0.253 e. The molecule has 0 spiro atoms. The summed E-state index contributed by atoms with van der Waals surface area (Å²) in [5, 5.41) is 8.62. The van der Waals surface area contributed by atoms with E-state index in [0.717, 1.165) is 16.9 Å². The fraction of sp³-hybridized carbons (Fsp3) is 0.235. The van der Waals surface area contributed by atoms with E-state index >= 15 is 0 Å². The molecule has 0 aliphatic heterocycles. The van der Waals surface area contributed by atoms with Crippen LogP contribution in [0.3, 0.4) is 0 Å². The molecule has 0 fully saturated rings. The summed E-state index contributed by atoms with van der Waals surface area (Å²) < 4.78 is 7.24. The van der Waals surface area contributed by atoms with Gasteiger partial charge in [0, 0.05) is 17.3 Å². The summed E-state index contributed by atoms with van der Waals surface area (Å²) in [5.74, 6) is 6.13. The molecule has 4 heteroatoms. The summed E-state index contributed by atoms with van der Waals surface area (Å²) in [7, 11) is 0. The Bertz CT molecular complexity index is 705. The number of hydrogen-bond donors (Lipinski definition) is 1. The van der Waals surface area contributed by atoms with Gasteiger partial charge < -0.3 is 14.4 Å². The first-order valence-corrected chi connectivity index (χ1v) is 6.69. The quantitative estimate of drug-likeness (QED) is 0.867. The van der Waals surface area contributed by atoms with Crippen molar-refractivity contribution in [2.75, 3.05) is 13.2 Å². The molecule has 0 unspecified atom stereocenters. The standard InChI is InChI=1S/C17H17NO3/c1-14-4-2-10-18(17(14)20)11-13-21-16-8-6-15(7-9-16)5-3-12-19/h2,4,6-10,19H,11-13H2,1H3. The molecule has 0 amide bonds. The van der Waals surface area contributed by atoms with Gasteiger partial charge in [0.05, 0.1) is 6.54 Å². The minimum Gasteiger partial charge on any atom is -0.492 e. The third-order valence-electron chi connectivity index (χ3n) is 2.98. The zero-order valence-corrected chi connectivity index (χ0v) is 11.9. The van der Waals surface area contributed by atoms with Gasteiger partial charge >= 0.3 is 0 Å². The highest BCUT2D eigenvalue weighted by Crippen LogP contribution is 2.11. The van der Waals surface area contributed by atoms with Crippen molar-refractivity contribution in [3.63, 3.8) is 0 Å². The zero-order valence-electron chi connectivity index (χ0n) is 11.9. The lowest BCUT2D eigenvalue weighted by Crippen LogP contribution is -2.23.